The minimum atomic E-state index is 0.389. The molecule has 0 atom stereocenters. The molecule has 0 bridgehead atoms. The first-order chi connectivity index (χ1) is 10.8. The lowest BCUT2D eigenvalue weighted by molar-refractivity contribution is 0.240. The smallest absolute Gasteiger partial charge is 0.186 e. The van der Waals surface area contributed by atoms with Gasteiger partial charge in [-0.2, -0.15) is 0 Å². The maximum absolute atomic E-state index is 4.98. The van der Waals surface area contributed by atoms with Gasteiger partial charge < -0.3 is 9.30 Å². The molecule has 4 nitrogen and oxygen atoms in total. The molecular weight excluding hydrogens is 294 g/mol. The van der Waals surface area contributed by atoms with Crippen molar-refractivity contribution in [2.24, 2.45) is 7.05 Å². The van der Waals surface area contributed by atoms with Crippen molar-refractivity contribution in [3.8, 4) is 33.8 Å². The minimum absolute atomic E-state index is 0.389. The fourth-order valence-corrected chi connectivity index (χ4v) is 2.90. The molecule has 3 rings (SSSR count). The predicted octanol–water partition coefficient (Wildman–Crippen LogP) is 3.21. The zero-order chi connectivity index (χ0) is 15.4. The summed E-state index contributed by atoms with van der Waals surface area (Å²) in [5, 5.41) is 2.90. The average molecular weight is 309 g/mol. The number of hydrogen-bond acceptors (Lipinski definition) is 4. The molecule has 0 radical (unpaired) electrons. The summed E-state index contributed by atoms with van der Waals surface area (Å²) in [6.45, 7) is 0.389. The third-order valence-corrected chi connectivity index (χ3v) is 3.97. The van der Waals surface area contributed by atoms with Crippen molar-refractivity contribution in [1.29, 1.82) is 0 Å². The molecular formula is C17H15N3OS. The Labute approximate surface area is 133 Å². The van der Waals surface area contributed by atoms with Crippen molar-refractivity contribution in [3.05, 3.63) is 47.7 Å². The van der Waals surface area contributed by atoms with Crippen molar-refractivity contribution in [1.82, 2.24) is 14.5 Å². The first kappa shape index (κ1) is 14.5. The number of ether oxygens (including phenoxy) is 1. The molecule has 0 fully saturated rings. The Morgan fingerprint density at radius 2 is 2.09 bits per heavy atom. The first-order valence-electron chi connectivity index (χ1n) is 6.81. The summed E-state index contributed by atoms with van der Waals surface area (Å²) >= 11 is 1.60. The maximum atomic E-state index is 4.98. The monoisotopic (exact) mass is 309 g/mol. The molecule has 0 saturated heterocycles. The van der Waals surface area contributed by atoms with Crippen LogP contribution < -0.4 is 0 Å². The molecule has 0 spiro atoms. The van der Waals surface area contributed by atoms with E-state index in [4.69, 9.17) is 9.72 Å². The standard InChI is InChI=1S/C17H15N3OS/c1-20-14(9-6-11-21-2)19-15(13-7-4-3-5-8-13)16(20)17-18-10-12-22-17/h3-5,7-8,10,12H,11H2,1-2H3. The third kappa shape index (κ3) is 2.80. The molecule has 0 unspecified atom stereocenters. The van der Waals surface area contributed by atoms with E-state index < -0.39 is 0 Å². The molecule has 3 aromatic rings. The van der Waals surface area contributed by atoms with Crippen molar-refractivity contribution in [2.75, 3.05) is 13.7 Å². The Hall–Kier alpha value is -2.42. The van der Waals surface area contributed by atoms with E-state index in [1.165, 1.54) is 0 Å². The van der Waals surface area contributed by atoms with Crippen LogP contribution >= 0.6 is 11.3 Å². The van der Waals surface area contributed by atoms with Gasteiger partial charge in [-0.3, -0.25) is 0 Å². The number of nitrogens with zero attached hydrogens (tertiary/aromatic N) is 3. The summed E-state index contributed by atoms with van der Waals surface area (Å²) in [5.41, 5.74) is 2.95. The fourth-order valence-electron chi connectivity index (χ4n) is 2.18. The van der Waals surface area contributed by atoms with Crippen LogP contribution in [0.5, 0.6) is 0 Å². The molecule has 0 aliphatic heterocycles. The van der Waals surface area contributed by atoms with Gasteiger partial charge in [-0.15, -0.1) is 11.3 Å². The first-order valence-corrected chi connectivity index (χ1v) is 7.69. The zero-order valence-corrected chi connectivity index (χ0v) is 13.2. The van der Waals surface area contributed by atoms with Crippen LogP contribution in [0.3, 0.4) is 0 Å². The lowest BCUT2D eigenvalue weighted by Gasteiger charge is -2.03. The number of aromatic nitrogens is 3. The second kappa shape index (κ2) is 6.56. The molecule has 5 heteroatoms. The Bertz CT molecular complexity index is 811. The average Bonchev–Trinajstić information content (AvgIpc) is 3.17. The highest BCUT2D eigenvalue weighted by Gasteiger charge is 2.18. The van der Waals surface area contributed by atoms with Crippen molar-refractivity contribution in [3.63, 3.8) is 0 Å². The summed E-state index contributed by atoms with van der Waals surface area (Å²) in [4.78, 5) is 9.14. The van der Waals surface area contributed by atoms with Gasteiger partial charge in [-0.05, 0) is 5.92 Å². The van der Waals surface area contributed by atoms with Gasteiger partial charge in [0.05, 0.1) is 0 Å². The van der Waals surface area contributed by atoms with Gasteiger partial charge in [0.15, 0.2) is 5.82 Å². The second-order valence-electron chi connectivity index (χ2n) is 4.63. The molecule has 0 saturated carbocycles. The maximum Gasteiger partial charge on any atom is 0.186 e. The van der Waals surface area contributed by atoms with Gasteiger partial charge in [-0.1, -0.05) is 36.3 Å². The number of imidazole rings is 1. The van der Waals surface area contributed by atoms with Gasteiger partial charge >= 0.3 is 0 Å². The molecule has 110 valence electrons. The van der Waals surface area contributed by atoms with Gasteiger partial charge in [0.25, 0.3) is 0 Å². The van der Waals surface area contributed by atoms with E-state index in [0.29, 0.717) is 12.4 Å². The number of hydrogen-bond donors (Lipinski definition) is 0. The SMILES string of the molecule is COCC#Cc1nc(-c2ccccc2)c(-c2nccs2)n1C. The zero-order valence-electron chi connectivity index (χ0n) is 12.4. The largest absolute Gasteiger partial charge is 0.372 e. The number of benzene rings is 1. The Kier molecular flexibility index (Phi) is 4.33. The van der Waals surface area contributed by atoms with Crippen LogP contribution in [0, 0.1) is 11.8 Å². The number of rotatable bonds is 3. The summed E-state index contributed by atoms with van der Waals surface area (Å²) in [6, 6.07) is 10.1. The molecule has 2 heterocycles. The predicted molar refractivity (Wildman–Crippen MR) is 88.5 cm³/mol. The van der Waals surface area contributed by atoms with E-state index >= 15 is 0 Å². The van der Waals surface area contributed by atoms with E-state index in [-0.39, 0.29) is 0 Å². The minimum Gasteiger partial charge on any atom is -0.372 e. The van der Waals surface area contributed by atoms with E-state index in [0.717, 1.165) is 22.0 Å². The molecule has 2 aromatic heterocycles. The van der Waals surface area contributed by atoms with Crippen LogP contribution in [0.4, 0.5) is 0 Å². The lowest BCUT2D eigenvalue weighted by Crippen LogP contribution is -1.96. The second-order valence-corrected chi connectivity index (χ2v) is 5.52. The summed E-state index contributed by atoms with van der Waals surface area (Å²) in [7, 11) is 3.59. The molecule has 0 aliphatic rings. The Morgan fingerprint density at radius 1 is 1.27 bits per heavy atom. The van der Waals surface area contributed by atoms with Gasteiger partial charge in [0, 0.05) is 31.3 Å². The summed E-state index contributed by atoms with van der Waals surface area (Å²) < 4.78 is 6.97. The van der Waals surface area contributed by atoms with Crippen molar-refractivity contribution < 1.29 is 4.74 Å². The summed E-state index contributed by atoms with van der Waals surface area (Å²) in [5.74, 6) is 6.73. The van der Waals surface area contributed by atoms with Crippen LogP contribution in [0.15, 0.2) is 41.9 Å². The quantitative estimate of drug-likeness (QED) is 0.698. The van der Waals surface area contributed by atoms with E-state index in [2.05, 4.69) is 16.8 Å². The van der Waals surface area contributed by atoms with Crippen LogP contribution in [0.1, 0.15) is 5.82 Å². The highest BCUT2D eigenvalue weighted by molar-refractivity contribution is 7.13. The lowest BCUT2D eigenvalue weighted by atomic mass is 10.1. The van der Waals surface area contributed by atoms with Crippen molar-refractivity contribution in [2.45, 2.75) is 0 Å². The summed E-state index contributed by atoms with van der Waals surface area (Å²) in [6.07, 6.45) is 1.80. The van der Waals surface area contributed by atoms with Gasteiger partial charge in [0.1, 0.15) is 23.0 Å². The van der Waals surface area contributed by atoms with Crippen LogP contribution in [-0.2, 0) is 11.8 Å². The highest BCUT2D eigenvalue weighted by atomic mass is 32.1. The number of methoxy groups -OCH3 is 1. The number of thiazole rings is 1. The van der Waals surface area contributed by atoms with Crippen molar-refractivity contribution >= 4 is 11.3 Å². The van der Waals surface area contributed by atoms with Gasteiger partial charge in [-0.25, -0.2) is 9.97 Å². The molecule has 1 aromatic carbocycles. The Morgan fingerprint density at radius 3 is 2.77 bits per heavy atom. The Balaban J connectivity index is 2.16. The highest BCUT2D eigenvalue weighted by Crippen LogP contribution is 2.32. The van der Waals surface area contributed by atoms with Crippen LogP contribution in [0.25, 0.3) is 22.0 Å². The van der Waals surface area contributed by atoms with E-state index in [1.807, 2.05) is 47.3 Å². The third-order valence-electron chi connectivity index (χ3n) is 3.19. The molecule has 22 heavy (non-hydrogen) atoms. The topological polar surface area (TPSA) is 39.9 Å². The van der Waals surface area contributed by atoms with Crippen LogP contribution in [0.2, 0.25) is 0 Å². The molecule has 0 N–H and O–H groups in total. The molecule has 0 amide bonds. The van der Waals surface area contributed by atoms with E-state index in [1.54, 1.807) is 24.6 Å². The van der Waals surface area contributed by atoms with Crippen LogP contribution in [-0.4, -0.2) is 28.3 Å². The normalized spacial score (nSPS) is 10.3. The fraction of sp³-hybridized carbons (Fsp3) is 0.176. The van der Waals surface area contributed by atoms with Gasteiger partial charge in [0.2, 0.25) is 0 Å². The van der Waals surface area contributed by atoms with E-state index in [9.17, 15) is 0 Å². The molecule has 0 aliphatic carbocycles.